The van der Waals surface area contributed by atoms with Crippen molar-refractivity contribution in [1.82, 2.24) is 4.90 Å². The summed E-state index contributed by atoms with van der Waals surface area (Å²) in [5.41, 5.74) is 3.68. The molecule has 3 aromatic rings. The molecule has 0 radical (unpaired) electrons. The lowest BCUT2D eigenvalue weighted by Crippen LogP contribution is -2.52. The zero-order chi connectivity index (χ0) is 21.9. The van der Waals surface area contributed by atoms with Crippen LogP contribution in [-0.2, 0) is 10.3 Å². The molecule has 2 saturated heterocycles. The van der Waals surface area contributed by atoms with Gasteiger partial charge in [0.25, 0.3) is 0 Å². The average molecular weight is 441 g/mol. The molecule has 1 N–H and O–H groups in total. The van der Waals surface area contributed by atoms with Gasteiger partial charge in [0.1, 0.15) is 5.54 Å². The second kappa shape index (κ2) is 7.32. The van der Waals surface area contributed by atoms with Crippen molar-refractivity contribution in [2.24, 2.45) is 5.92 Å². The van der Waals surface area contributed by atoms with Crippen LogP contribution >= 0.6 is 11.8 Å². The number of anilines is 1. The topological polar surface area (TPSA) is 49.4 Å². The number of thioether (sulfide) groups is 1. The summed E-state index contributed by atoms with van der Waals surface area (Å²) in [7, 11) is 0. The van der Waals surface area contributed by atoms with Gasteiger partial charge in [0.05, 0.1) is 5.92 Å². The van der Waals surface area contributed by atoms with Gasteiger partial charge in [-0.05, 0) is 18.6 Å². The second-order valence-corrected chi connectivity index (χ2v) is 9.95. The molecule has 0 saturated carbocycles. The summed E-state index contributed by atoms with van der Waals surface area (Å²) in [6, 6.07) is 26.1. The first kappa shape index (κ1) is 19.8. The summed E-state index contributed by atoms with van der Waals surface area (Å²) in [5.74, 6) is 1.07. The Morgan fingerprint density at radius 3 is 2.50 bits per heavy atom. The van der Waals surface area contributed by atoms with Gasteiger partial charge in [0.2, 0.25) is 5.91 Å². The highest BCUT2D eigenvalue weighted by Gasteiger charge is 2.69. The second-order valence-electron chi connectivity index (χ2n) is 8.95. The molecule has 1 spiro atoms. The third kappa shape index (κ3) is 2.61. The zero-order valence-corrected chi connectivity index (χ0v) is 18.6. The molecule has 32 heavy (non-hydrogen) atoms. The summed E-state index contributed by atoms with van der Waals surface area (Å²) in [4.78, 5) is 30.4. The van der Waals surface area contributed by atoms with Crippen molar-refractivity contribution < 1.29 is 9.59 Å². The van der Waals surface area contributed by atoms with Gasteiger partial charge in [-0.2, -0.15) is 0 Å². The van der Waals surface area contributed by atoms with E-state index in [1.807, 2.05) is 85.4 Å². The summed E-state index contributed by atoms with van der Waals surface area (Å²) in [5, 5.41) is 3.12. The molecule has 0 bridgehead atoms. The van der Waals surface area contributed by atoms with Gasteiger partial charge in [-0.1, -0.05) is 78.4 Å². The van der Waals surface area contributed by atoms with Gasteiger partial charge in [0.15, 0.2) is 5.78 Å². The lowest BCUT2D eigenvalue weighted by molar-refractivity contribution is -0.127. The van der Waals surface area contributed by atoms with Gasteiger partial charge in [-0.15, -0.1) is 11.8 Å². The van der Waals surface area contributed by atoms with Crippen LogP contribution in [0.15, 0.2) is 78.9 Å². The zero-order valence-electron chi connectivity index (χ0n) is 17.8. The lowest BCUT2D eigenvalue weighted by Gasteiger charge is -2.36. The summed E-state index contributed by atoms with van der Waals surface area (Å²) in [6.07, 6.45) is 0. The monoisotopic (exact) mass is 440 g/mol. The Morgan fingerprint density at radius 2 is 1.72 bits per heavy atom. The van der Waals surface area contributed by atoms with Gasteiger partial charge in [-0.3, -0.25) is 14.5 Å². The number of hydrogen-bond acceptors (Lipinski definition) is 4. The number of aryl methyl sites for hydroxylation is 1. The molecule has 0 aliphatic carbocycles. The largest absolute Gasteiger partial charge is 0.324 e. The Morgan fingerprint density at radius 1 is 1.00 bits per heavy atom. The minimum atomic E-state index is -0.993. The molecule has 6 rings (SSSR count). The molecule has 160 valence electrons. The first-order chi connectivity index (χ1) is 15.6. The number of benzene rings is 3. The van der Waals surface area contributed by atoms with Crippen molar-refractivity contribution in [1.29, 1.82) is 0 Å². The first-order valence-electron chi connectivity index (χ1n) is 11.0. The smallest absolute Gasteiger partial charge is 0.250 e. The number of nitrogens with zero attached hydrogens (tertiary/aromatic N) is 1. The Bertz CT molecular complexity index is 1210. The number of amides is 1. The number of hydrogen-bond donors (Lipinski definition) is 1. The van der Waals surface area contributed by atoms with E-state index >= 15 is 0 Å². The number of ketones is 1. The molecule has 4 nitrogen and oxygen atoms in total. The van der Waals surface area contributed by atoms with E-state index in [0.717, 1.165) is 34.0 Å². The predicted molar refractivity (Wildman–Crippen MR) is 128 cm³/mol. The summed E-state index contributed by atoms with van der Waals surface area (Å²) in [6.45, 7) is 2.02. The van der Waals surface area contributed by atoms with Crippen LogP contribution in [0.5, 0.6) is 0 Å². The van der Waals surface area contributed by atoms with Crippen LogP contribution in [0.4, 0.5) is 5.69 Å². The standard InChI is InChI=1S/C27H24N2O2S/c1-17-11-13-19(14-12-17)25(30)24-23(18-7-3-2-4-8-18)22-15-32-16-29(22)27(24)20-9-5-6-10-21(20)28-26(27)31/h2-14,22-24H,15-16H2,1H3,(H,28,31). The highest BCUT2D eigenvalue weighted by molar-refractivity contribution is 7.99. The molecule has 0 aromatic heterocycles. The van der Waals surface area contributed by atoms with Gasteiger partial charge in [0, 0.05) is 40.4 Å². The van der Waals surface area contributed by atoms with E-state index in [2.05, 4.69) is 22.3 Å². The maximum Gasteiger partial charge on any atom is 0.250 e. The number of nitrogens with one attached hydrogen (secondary N) is 1. The fourth-order valence-corrected chi connectivity index (χ4v) is 7.30. The van der Waals surface area contributed by atoms with Crippen LogP contribution < -0.4 is 5.32 Å². The Kier molecular flexibility index (Phi) is 4.52. The predicted octanol–water partition coefficient (Wildman–Crippen LogP) is 4.81. The van der Waals surface area contributed by atoms with Crippen molar-refractivity contribution >= 4 is 29.1 Å². The fourth-order valence-electron chi connectivity index (χ4n) is 5.98. The SMILES string of the molecule is Cc1ccc(C(=O)C2C(c3ccccc3)C3CSCN3C23C(=O)Nc2ccccc23)cc1. The van der Waals surface area contributed by atoms with E-state index in [4.69, 9.17) is 0 Å². The van der Waals surface area contributed by atoms with E-state index in [9.17, 15) is 9.59 Å². The number of para-hydroxylation sites is 1. The third-order valence-electron chi connectivity index (χ3n) is 7.33. The van der Waals surface area contributed by atoms with E-state index in [1.54, 1.807) is 0 Å². The van der Waals surface area contributed by atoms with Crippen LogP contribution in [-0.4, -0.2) is 34.3 Å². The molecular weight excluding hydrogens is 416 g/mol. The van der Waals surface area contributed by atoms with Crippen molar-refractivity contribution in [3.05, 3.63) is 101 Å². The number of Topliss-reactive ketones (excluding diaryl/α,β-unsaturated/α-hetero) is 1. The quantitative estimate of drug-likeness (QED) is 0.594. The van der Waals surface area contributed by atoms with E-state index in [-0.39, 0.29) is 23.7 Å². The molecule has 4 unspecified atom stereocenters. The maximum absolute atomic E-state index is 14.3. The molecule has 3 aliphatic rings. The number of carbonyl (C=O) groups is 2. The highest BCUT2D eigenvalue weighted by atomic mass is 32.2. The van der Waals surface area contributed by atoms with E-state index in [0.29, 0.717) is 5.56 Å². The normalized spacial score (nSPS) is 28.5. The summed E-state index contributed by atoms with van der Waals surface area (Å²) < 4.78 is 0. The van der Waals surface area contributed by atoms with Gasteiger partial charge >= 0.3 is 0 Å². The molecule has 1 amide bonds. The molecule has 3 aliphatic heterocycles. The molecule has 3 heterocycles. The van der Waals surface area contributed by atoms with Crippen LogP contribution in [0, 0.1) is 12.8 Å². The highest BCUT2D eigenvalue weighted by Crippen LogP contribution is 2.61. The van der Waals surface area contributed by atoms with E-state index < -0.39 is 11.5 Å². The molecule has 5 heteroatoms. The third-order valence-corrected chi connectivity index (χ3v) is 8.37. The van der Waals surface area contributed by atoms with Gasteiger partial charge < -0.3 is 5.32 Å². The molecule has 2 fully saturated rings. The summed E-state index contributed by atoms with van der Waals surface area (Å²) >= 11 is 1.85. The molecule has 4 atom stereocenters. The Balaban J connectivity index is 1.61. The minimum absolute atomic E-state index is 0.0464. The number of carbonyl (C=O) groups excluding carboxylic acids is 2. The molecular formula is C27H24N2O2S. The first-order valence-corrected chi connectivity index (χ1v) is 12.2. The van der Waals surface area contributed by atoms with Crippen molar-refractivity contribution in [3.63, 3.8) is 0 Å². The average Bonchev–Trinajstić information content (AvgIpc) is 3.48. The Hall–Kier alpha value is -2.89. The number of rotatable bonds is 3. The number of fused-ring (bicyclic) bond motifs is 4. The van der Waals surface area contributed by atoms with Crippen LogP contribution in [0.2, 0.25) is 0 Å². The van der Waals surface area contributed by atoms with Crippen molar-refractivity contribution in [2.45, 2.75) is 24.4 Å². The Labute approximate surface area is 192 Å². The molecule has 3 aromatic carbocycles. The minimum Gasteiger partial charge on any atom is -0.324 e. The lowest BCUT2D eigenvalue weighted by atomic mass is 9.69. The van der Waals surface area contributed by atoms with Crippen LogP contribution in [0.1, 0.15) is 33.0 Å². The van der Waals surface area contributed by atoms with Gasteiger partial charge in [-0.25, -0.2) is 0 Å². The van der Waals surface area contributed by atoms with Crippen molar-refractivity contribution in [3.8, 4) is 0 Å². The van der Waals surface area contributed by atoms with E-state index in [1.165, 1.54) is 0 Å². The van der Waals surface area contributed by atoms with Crippen LogP contribution in [0.25, 0.3) is 0 Å². The van der Waals surface area contributed by atoms with Crippen molar-refractivity contribution in [2.75, 3.05) is 16.9 Å². The van der Waals surface area contributed by atoms with Crippen LogP contribution in [0.3, 0.4) is 0 Å². The fraction of sp³-hybridized carbons (Fsp3) is 0.259. The maximum atomic E-state index is 14.3.